The van der Waals surface area contributed by atoms with Crippen LogP contribution in [0.15, 0.2) is 18.7 Å². The lowest BCUT2D eigenvalue weighted by Crippen LogP contribution is -2.68. The number of aromatic hydroxyl groups is 1. The number of carbonyl (C=O) groups excluding carboxylic acids is 5. The molecular formula is C25H27N3O8S. The van der Waals surface area contributed by atoms with Crippen molar-refractivity contribution in [3.05, 3.63) is 29.8 Å². The molecule has 2 saturated carbocycles. The minimum absolute atomic E-state index is 0.0220. The van der Waals surface area contributed by atoms with Crippen LogP contribution in [0.5, 0.6) is 5.75 Å². The highest BCUT2D eigenvalue weighted by Crippen LogP contribution is 2.52. The Morgan fingerprint density at radius 1 is 1.30 bits per heavy atom. The molecule has 0 aliphatic heterocycles. The molecule has 3 aliphatic rings. The first kappa shape index (κ1) is 26.4. The molecule has 5 atom stereocenters. The first-order chi connectivity index (χ1) is 17.3. The lowest BCUT2D eigenvalue weighted by atomic mass is 9.53. The second-order valence-electron chi connectivity index (χ2n) is 9.79. The second-order valence-corrected chi connectivity index (χ2v) is 10.2. The van der Waals surface area contributed by atoms with Gasteiger partial charge in [0.25, 0.3) is 5.17 Å². The number of hydrogen-bond donors (Lipinski definition) is 4. The Kier molecular flexibility index (Phi) is 6.67. The summed E-state index contributed by atoms with van der Waals surface area (Å²) in [6.45, 7) is 3.64. The topological polar surface area (TPSA) is 176 Å². The number of ketones is 4. The molecule has 3 aliphatic carbocycles. The van der Waals surface area contributed by atoms with Crippen LogP contribution in [0.1, 0.15) is 28.8 Å². The Bertz CT molecular complexity index is 1270. The van der Waals surface area contributed by atoms with Crippen molar-refractivity contribution in [2.45, 2.75) is 24.9 Å². The quantitative estimate of drug-likeness (QED) is 0.178. The molecule has 1 amide bonds. The van der Waals surface area contributed by atoms with Crippen molar-refractivity contribution in [2.75, 3.05) is 30.9 Å². The Morgan fingerprint density at radius 2 is 1.97 bits per heavy atom. The summed E-state index contributed by atoms with van der Waals surface area (Å²) in [4.78, 5) is 66.4. The fraction of sp³-hybridized carbons (Fsp3) is 0.440. The van der Waals surface area contributed by atoms with Crippen LogP contribution in [0, 0.1) is 23.7 Å². The van der Waals surface area contributed by atoms with Gasteiger partial charge >= 0.3 is 0 Å². The molecule has 0 heterocycles. The molecule has 1 aromatic rings. The number of phenolic OH excluding ortho intramolecular Hbond substituents is 1. The Balaban J connectivity index is 1.80. The molecule has 0 bridgehead atoms. The maximum atomic E-state index is 13.8. The molecule has 4 rings (SSSR count). The average molecular weight is 530 g/mol. The summed E-state index contributed by atoms with van der Waals surface area (Å²) in [5.74, 6) is -10.7. The van der Waals surface area contributed by atoms with Crippen molar-refractivity contribution in [1.82, 2.24) is 0 Å². The summed E-state index contributed by atoms with van der Waals surface area (Å²) in [7, 11) is 3.49. The van der Waals surface area contributed by atoms with E-state index in [1.54, 1.807) is 25.1 Å². The van der Waals surface area contributed by atoms with E-state index in [4.69, 9.17) is 22.7 Å². The maximum Gasteiger partial charge on any atom is 0.261 e. The molecule has 0 aromatic heterocycles. The van der Waals surface area contributed by atoms with Crippen molar-refractivity contribution < 1.29 is 38.9 Å². The number of primary amides is 1. The normalized spacial score (nSPS) is 28.5. The highest BCUT2D eigenvalue weighted by atomic mass is 32.1. The Morgan fingerprint density at radius 3 is 2.57 bits per heavy atom. The molecule has 0 radical (unpaired) electrons. The molecule has 5 N–H and O–H groups in total. The van der Waals surface area contributed by atoms with Crippen molar-refractivity contribution in [3.8, 4) is 5.75 Å². The van der Waals surface area contributed by atoms with Crippen molar-refractivity contribution >= 4 is 57.8 Å². The van der Waals surface area contributed by atoms with Gasteiger partial charge in [-0.3, -0.25) is 24.0 Å². The van der Waals surface area contributed by atoms with Crippen molar-refractivity contribution in [2.24, 2.45) is 29.4 Å². The van der Waals surface area contributed by atoms with Gasteiger partial charge in [-0.15, -0.1) is 0 Å². The highest BCUT2D eigenvalue weighted by molar-refractivity contribution is 7.80. The molecule has 2 fully saturated rings. The molecule has 12 heteroatoms. The van der Waals surface area contributed by atoms with E-state index in [-0.39, 0.29) is 42.3 Å². The van der Waals surface area contributed by atoms with Gasteiger partial charge < -0.3 is 30.9 Å². The number of Topliss-reactive ketones (excluding diaryl/α,β-unsaturated/α-hetero) is 4. The standard InChI is InChI=1S/C25H27N3O8S/c1-4-5-36-24(37)27-13-9-14(28(2)3)12-7-10-6-11-8-15(29)18(23(26)34)22(33)25(11,35)21(32)16(10)20(31)17(12)19(13)30/h4,9-11,16,18,30,35H,1,5-8H2,2-3H3,(H2,26,34)(H,27,37)/t10-,11+,16?,18?,25+/m1/s1. The number of fused-ring (bicyclic) bond motifs is 3. The third-order valence-corrected chi connectivity index (χ3v) is 7.65. The number of amides is 1. The van der Waals surface area contributed by atoms with E-state index < -0.39 is 64.1 Å². The zero-order valence-electron chi connectivity index (χ0n) is 20.3. The van der Waals surface area contributed by atoms with E-state index in [0.717, 1.165) is 0 Å². The van der Waals surface area contributed by atoms with Gasteiger partial charge in [0, 0.05) is 32.1 Å². The highest BCUT2D eigenvalue weighted by Gasteiger charge is 2.66. The second kappa shape index (κ2) is 9.34. The fourth-order valence-corrected chi connectivity index (χ4v) is 5.97. The van der Waals surface area contributed by atoms with Gasteiger partial charge in [-0.1, -0.05) is 12.7 Å². The van der Waals surface area contributed by atoms with Crippen LogP contribution < -0.4 is 16.0 Å². The van der Waals surface area contributed by atoms with Gasteiger partial charge in [0.1, 0.15) is 12.4 Å². The lowest BCUT2D eigenvalue weighted by Gasteiger charge is -2.48. The van der Waals surface area contributed by atoms with E-state index in [9.17, 15) is 34.2 Å². The molecular weight excluding hydrogens is 502 g/mol. The first-order valence-corrected chi connectivity index (χ1v) is 12.0. The van der Waals surface area contributed by atoms with E-state index in [0.29, 0.717) is 11.3 Å². The largest absolute Gasteiger partial charge is 0.505 e. The summed E-state index contributed by atoms with van der Waals surface area (Å²) < 4.78 is 5.25. The van der Waals surface area contributed by atoms with Crippen molar-refractivity contribution in [3.63, 3.8) is 0 Å². The van der Waals surface area contributed by atoms with Crippen LogP contribution in [0.2, 0.25) is 0 Å². The summed E-state index contributed by atoms with van der Waals surface area (Å²) in [5, 5.41) is 25.0. The van der Waals surface area contributed by atoms with Crippen LogP contribution in [0.3, 0.4) is 0 Å². The number of nitrogens with zero attached hydrogens (tertiary/aromatic N) is 1. The van der Waals surface area contributed by atoms with Gasteiger partial charge in [0.05, 0.1) is 17.2 Å². The van der Waals surface area contributed by atoms with Crippen LogP contribution in [0.25, 0.3) is 0 Å². The van der Waals surface area contributed by atoms with Gasteiger partial charge in [-0.05, 0) is 42.6 Å². The minimum Gasteiger partial charge on any atom is -0.505 e. The van der Waals surface area contributed by atoms with E-state index in [1.807, 2.05) is 0 Å². The van der Waals surface area contributed by atoms with E-state index in [1.165, 1.54) is 6.08 Å². The summed E-state index contributed by atoms with van der Waals surface area (Å²) in [5.41, 5.74) is 3.50. The number of thiocarbonyl (C=S) groups is 1. The van der Waals surface area contributed by atoms with Gasteiger partial charge in [0.2, 0.25) is 5.91 Å². The van der Waals surface area contributed by atoms with E-state index >= 15 is 0 Å². The third kappa shape index (κ3) is 4.00. The number of nitrogens with one attached hydrogen (secondary N) is 1. The molecule has 37 heavy (non-hydrogen) atoms. The average Bonchev–Trinajstić information content (AvgIpc) is 2.81. The number of hydrogen-bond acceptors (Lipinski definition) is 10. The summed E-state index contributed by atoms with van der Waals surface area (Å²) in [6, 6.07) is 1.59. The Hall–Kier alpha value is -3.64. The maximum absolute atomic E-state index is 13.8. The number of ether oxygens (including phenoxy) is 1. The zero-order valence-corrected chi connectivity index (χ0v) is 21.1. The lowest BCUT2D eigenvalue weighted by molar-refractivity contribution is -0.175. The first-order valence-electron chi connectivity index (χ1n) is 11.6. The molecule has 196 valence electrons. The smallest absolute Gasteiger partial charge is 0.261 e. The number of aliphatic hydroxyl groups is 1. The summed E-state index contributed by atoms with van der Waals surface area (Å²) in [6.07, 6.45) is 1.28. The fourth-order valence-electron chi connectivity index (χ4n) is 5.79. The number of benzene rings is 1. The molecule has 0 spiro atoms. The molecule has 1 aromatic carbocycles. The van der Waals surface area contributed by atoms with Gasteiger partial charge in [-0.2, -0.15) is 0 Å². The van der Waals surface area contributed by atoms with Crippen LogP contribution in [-0.4, -0.2) is 70.7 Å². The number of nitrogens with two attached hydrogens (primary N) is 1. The minimum atomic E-state index is -2.70. The van der Waals surface area contributed by atoms with E-state index in [2.05, 4.69) is 11.9 Å². The third-order valence-electron chi connectivity index (χ3n) is 7.43. The molecule has 11 nitrogen and oxygen atoms in total. The van der Waals surface area contributed by atoms with Gasteiger partial charge in [-0.25, -0.2) is 0 Å². The summed E-state index contributed by atoms with van der Waals surface area (Å²) >= 11 is 5.12. The number of anilines is 2. The molecule has 0 saturated heterocycles. The number of rotatable bonds is 5. The SMILES string of the molecule is C=CCOC(=S)Nc1cc(N(C)C)c2c(c1O)C(=O)C1C(=O)[C@]3(O)C(=O)C(C(N)=O)C(=O)C[C@@H]3C[C@@H]1C2. The molecule has 2 unspecified atom stereocenters. The monoisotopic (exact) mass is 529 g/mol. The predicted molar refractivity (Wildman–Crippen MR) is 135 cm³/mol. The predicted octanol–water partition coefficient (Wildman–Crippen LogP) is 0.292. The zero-order chi connectivity index (χ0) is 27.4. The van der Waals surface area contributed by atoms with Crippen LogP contribution in [-0.2, 0) is 30.3 Å². The van der Waals surface area contributed by atoms with Gasteiger partial charge in [0.15, 0.2) is 34.7 Å². The number of phenols is 1. The van der Waals surface area contributed by atoms with Crippen molar-refractivity contribution in [1.29, 1.82) is 0 Å². The number of carbonyl (C=O) groups is 5. The van der Waals surface area contributed by atoms with Crippen LogP contribution >= 0.6 is 12.2 Å². The Labute approximate surface area is 217 Å². The van der Waals surface area contributed by atoms with Crippen LogP contribution in [0.4, 0.5) is 11.4 Å².